The lowest BCUT2D eigenvalue weighted by Crippen LogP contribution is -2.30. The fourth-order valence-electron chi connectivity index (χ4n) is 3.22. The van der Waals surface area contributed by atoms with E-state index in [4.69, 9.17) is 10.9 Å². The lowest BCUT2D eigenvalue weighted by atomic mass is 10.0. The van der Waals surface area contributed by atoms with Gasteiger partial charge >= 0.3 is 0 Å². The molecule has 0 aliphatic carbocycles. The molecule has 32 heavy (non-hydrogen) atoms. The van der Waals surface area contributed by atoms with Crippen LogP contribution in [-0.2, 0) is 0 Å². The molecule has 0 saturated carbocycles. The Morgan fingerprint density at radius 3 is 2.34 bits per heavy atom. The maximum atomic E-state index is 12.2. The van der Waals surface area contributed by atoms with Crippen LogP contribution in [0.4, 0.5) is 5.69 Å². The summed E-state index contributed by atoms with van der Waals surface area (Å²) in [5, 5.41) is 12.6. The van der Waals surface area contributed by atoms with Crippen molar-refractivity contribution < 1.29 is 9.90 Å². The van der Waals surface area contributed by atoms with Crippen LogP contribution in [0.2, 0.25) is 0 Å². The van der Waals surface area contributed by atoms with Crippen molar-refractivity contribution in [1.29, 1.82) is 0 Å². The summed E-state index contributed by atoms with van der Waals surface area (Å²) >= 11 is 0. The molecule has 5 N–H and O–H groups in total. The second kappa shape index (κ2) is 9.71. The van der Waals surface area contributed by atoms with Gasteiger partial charge in [-0.15, -0.1) is 0 Å². The number of anilines is 1. The van der Waals surface area contributed by atoms with Crippen molar-refractivity contribution in [2.45, 2.75) is 0 Å². The lowest BCUT2D eigenvalue weighted by Gasteiger charge is -2.08. The molecule has 0 fully saturated rings. The molecule has 0 unspecified atom stereocenters. The molecule has 1 amide bonds. The number of nitrogens with two attached hydrogens (primary N) is 1. The minimum atomic E-state index is -0.397. The maximum absolute atomic E-state index is 12.2. The van der Waals surface area contributed by atoms with Crippen molar-refractivity contribution in [3.63, 3.8) is 0 Å². The van der Waals surface area contributed by atoms with Crippen LogP contribution >= 0.6 is 0 Å². The van der Waals surface area contributed by atoms with Gasteiger partial charge in [0.1, 0.15) is 0 Å². The minimum Gasteiger partial charge on any atom is -0.395 e. The largest absolute Gasteiger partial charge is 0.395 e. The number of pyridine rings is 2. The average Bonchev–Trinajstić information content (AvgIpc) is 2.86. The van der Waals surface area contributed by atoms with E-state index in [2.05, 4.69) is 32.6 Å². The summed E-state index contributed by atoms with van der Waals surface area (Å²) in [5.41, 5.74) is 7.48. The Morgan fingerprint density at radius 2 is 1.69 bits per heavy atom. The molecule has 2 aromatic heterocycles. The first-order valence-electron chi connectivity index (χ1n) is 10.0. The van der Waals surface area contributed by atoms with Gasteiger partial charge in [0.25, 0.3) is 5.91 Å². The molecular formula is C25H21N5O2. The van der Waals surface area contributed by atoms with Crippen molar-refractivity contribution in [3.8, 4) is 23.1 Å². The topological polar surface area (TPSA) is 113 Å². The first-order valence-corrected chi connectivity index (χ1v) is 10.0. The molecule has 0 bridgehead atoms. The van der Waals surface area contributed by atoms with Crippen molar-refractivity contribution in [2.24, 2.45) is 5.84 Å². The van der Waals surface area contributed by atoms with E-state index < -0.39 is 5.91 Å². The van der Waals surface area contributed by atoms with Gasteiger partial charge in [-0.2, -0.15) is 0 Å². The summed E-state index contributed by atoms with van der Waals surface area (Å²) in [7, 11) is 0. The molecule has 2 heterocycles. The van der Waals surface area contributed by atoms with Gasteiger partial charge in [0, 0.05) is 46.7 Å². The molecular weight excluding hydrogens is 402 g/mol. The van der Waals surface area contributed by atoms with Crippen molar-refractivity contribution >= 4 is 22.5 Å². The molecule has 4 rings (SSSR count). The van der Waals surface area contributed by atoms with Crippen LogP contribution in [0.3, 0.4) is 0 Å². The number of nitrogen functional groups attached to an aromatic ring is 1. The molecule has 7 heteroatoms. The number of hydrazine groups is 1. The lowest BCUT2D eigenvalue weighted by molar-refractivity contribution is 0.0955. The first-order chi connectivity index (χ1) is 15.7. The van der Waals surface area contributed by atoms with Crippen LogP contribution in [-0.4, -0.2) is 34.1 Å². The van der Waals surface area contributed by atoms with E-state index >= 15 is 0 Å². The van der Waals surface area contributed by atoms with Crippen LogP contribution < -0.4 is 16.6 Å². The van der Waals surface area contributed by atoms with E-state index in [-0.39, 0.29) is 6.61 Å². The van der Waals surface area contributed by atoms with Crippen LogP contribution in [0.15, 0.2) is 73.1 Å². The zero-order valence-electron chi connectivity index (χ0n) is 17.2. The van der Waals surface area contributed by atoms with E-state index in [1.54, 1.807) is 24.5 Å². The van der Waals surface area contributed by atoms with Crippen molar-refractivity contribution in [3.05, 3.63) is 89.7 Å². The number of fused-ring (bicyclic) bond motifs is 1. The number of carbonyl (C=O) groups is 1. The van der Waals surface area contributed by atoms with Gasteiger partial charge in [0.2, 0.25) is 0 Å². The summed E-state index contributed by atoms with van der Waals surface area (Å²) < 4.78 is 0. The van der Waals surface area contributed by atoms with Crippen molar-refractivity contribution in [1.82, 2.24) is 15.4 Å². The Hall–Kier alpha value is -4.25. The number of carbonyl (C=O) groups excluding carboxylic acids is 1. The number of aliphatic hydroxyl groups excluding tert-OH is 1. The molecule has 0 aliphatic heterocycles. The van der Waals surface area contributed by atoms with Crippen LogP contribution in [0, 0.1) is 11.8 Å². The fourth-order valence-corrected chi connectivity index (χ4v) is 3.22. The number of hydrogen-bond donors (Lipinski definition) is 4. The average molecular weight is 423 g/mol. The quantitative estimate of drug-likeness (QED) is 0.170. The minimum absolute atomic E-state index is 0.0883. The van der Waals surface area contributed by atoms with Crippen molar-refractivity contribution in [2.75, 3.05) is 18.5 Å². The summed E-state index contributed by atoms with van der Waals surface area (Å²) in [4.78, 5) is 21.0. The van der Waals surface area contributed by atoms with Crippen LogP contribution in [0.25, 0.3) is 22.2 Å². The van der Waals surface area contributed by atoms with E-state index in [9.17, 15) is 4.79 Å². The number of nitrogens with one attached hydrogen (secondary N) is 2. The highest BCUT2D eigenvalue weighted by molar-refractivity contribution is 6.06. The Morgan fingerprint density at radius 1 is 1.00 bits per heavy atom. The molecule has 0 saturated heterocycles. The predicted octanol–water partition coefficient (Wildman–Crippen LogP) is 2.70. The second-order valence-corrected chi connectivity index (χ2v) is 6.98. The van der Waals surface area contributed by atoms with E-state index in [1.165, 1.54) is 0 Å². The number of aliphatic hydroxyl groups is 1. The first kappa shape index (κ1) is 21.0. The number of nitrogens with zero attached hydrogens (tertiary/aromatic N) is 2. The third-order valence-electron chi connectivity index (χ3n) is 4.84. The van der Waals surface area contributed by atoms with Gasteiger partial charge < -0.3 is 10.4 Å². The van der Waals surface area contributed by atoms with Gasteiger partial charge in [-0.05, 0) is 48.5 Å². The zero-order valence-corrected chi connectivity index (χ0v) is 17.2. The van der Waals surface area contributed by atoms with E-state index in [0.717, 1.165) is 22.4 Å². The van der Waals surface area contributed by atoms with Gasteiger partial charge in [0.15, 0.2) is 0 Å². The summed E-state index contributed by atoms with van der Waals surface area (Å²) in [6, 6.07) is 18.9. The predicted molar refractivity (Wildman–Crippen MR) is 125 cm³/mol. The van der Waals surface area contributed by atoms with Gasteiger partial charge in [-0.25, -0.2) is 10.8 Å². The summed E-state index contributed by atoms with van der Waals surface area (Å²) in [6.07, 6.45) is 3.24. The monoisotopic (exact) mass is 423 g/mol. The molecule has 4 aromatic rings. The maximum Gasteiger partial charge on any atom is 0.265 e. The zero-order chi connectivity index (χ0) is 22.3. The molecule has 7 nitrogen and oxygen atoms in total. The second-order valence-electron chi connectivity index (χ2n) is 6.98. The molecule has 158 valence electrons. The molecule has 2 aromatic carbocycles. The molecule has 0 radical (unpaired) electrons. The Bertz CT molecular complexity index is 1310. The van der Waals surface area contributed by atoms with Gasteiger partial charge in [-0.3, -0.25) is 15.2 Å². The van der Waals surface area contributed by atoms with Crippen LogP contribution in [0.1, 0.15) is 21.5 Å². The fraction of sp³-hybridized carbons (Fsp3) is 0.0800. The highest BCUT2D eigenvalue weighted by Crippen LogP contribution is 2.24. The van der Waals surface area contributed by atoms with E-state index in [1.807, 2.05) is 48.5 Å². The third-order valence-corrected chi connectivity index (χ3v) is 4.84. The molecule has 0 spiro atoms. The Balaban J connectivity index is 1.58. The summed E-state index contributed by atoms with van der Waals surface area (Å²) in [5.74, 6) is 11.2. The van der Waals surface area contributed by atoms with Gasteiger partial charge in [-0.1, -0.05) is 24.0 Å². The highest BCUT2D eigenvalue weighted by Gasteiger charge is 2.13. The third kappa shape index (κ3) is 4.73. The number of benzene rings is 2. The molecule has 0 aliphatic rings. The number of amides is 1. The normalized spacial score (nSPS) is 10.3. The SMILES string of the molecule is NNC(=O)c1cc(-c2ccc(C#Cc3ccc(NCCO)cc3)cc2)nc2ccncc12. The Kier molecular flexibility index (Phi) is 6.37. The van der Waals surface area contributed by atoms with E-state index in [0.29, 0.717) is 28.7 Å². The number of rotatable bonds is 5. The number of aromatic nitrogens is 2. The number of hydrogen-bond acceptors (Lipinski definition) is 6. The Labute approximate surface area is 185 Å². The van der Waals surface area contributed by atoms with Crippen LogP contribution in [0.5, 0.6) is 0 Å². The van der Waals surface area contributed by atoms with Gasteiger partial charge in [0.05, 0.1) is 23.4 Å². The smallest absolute Gasteiger partial charge is 0.265 e. The highest BCUT2D eigenvalue weighted by atomic mass is 16.3. The standard InChI is InChI=1S/C25H21N5O2/c26-30-25(32)21-15-24(29-23-11-12-27-16-22(21)23)19-7-3-17(4-8-19)1-2-18-5-9-20(10-6-18)28-13-14-31/h3-12,15-16,28,31H,13-14,26H2,(H,30,32). The molecule has 0 atom stereocenters. The summed E-state index contributed by atoms with van der Waals surface area (Å²) in [6.45, 7) is 0.601.